The van der Waals surface area contributed by atoms with Gasteiger partial charge in [0.2, 0.25) is 0 Å². The van der Waals surface area contributed by atoms with Crippen LogP contribution in [0.25, 0.3) is 0 Å². The van der Waals surface area contributed by atoms with E-state index in [-0.39, 0.29) is 17.3 Å². The lowest BCUT2D eigenvalue weighted by atomic mass is 10.0. The number of nitrogens with zero attached hydrogens (tertiary/aromatic N) is 4. The Kier molecular flexibility index (Phi) is 5.32. The zero-order valence-corrected chi connectivity index (χ0v) is 15.6. The van der Waals surface area contributed by atoms with Crippen molar-refractivity contribution in [2.75, 3.05) is 19.6 Å². The van der Waals surface area contributed by atoms with E-state index in [1.54, 1.807) is 19.2 Å². The molecule has 1 aliphatic rings. The van der Waals surface area contributed by atoms with Crippen molar-refractivity contribution >= 4 is 12.2 Å². The zero-order chi connectivity index (χ0) is 18.8. The molecule has 0 spiro atoms. The van der Waals surface area contributed by atoms with Crippen molar-refractivity contribution in [1.29, 1.82) is 10.7 Å². The van der Waals surface area contributed by atoms with Gasteiger partial charge >= 0.3 is 0 Å². The van der Waals surface area contributed by atoms with Crippen LogP contribution in [0.3, 0.4) is 0 Å². The summed E-state index contributed by atoms with van der Waals surface area (Å²) in [4.78, 5) is 2.24. The van der Waals surface area contributed by atoms with Gasteiger partial charge < -0.3 is 14.5 Å². The molecule has 0 bridgehead atoms. The average Bonchev–Trinajstić information content (AvgIpc) is 2.65. The summed E-state index contributed by atoms with van der Waals surface area (Å²) >= 11 is 5.44. The van der Waals surface area contributed by atoms with Gasteiger partial charge in [-0.2, -0.15) is 5.26 Å². The predicted octanol–water partition coefficient (Wildman–Crippen LogP) is 1.73. The minimum absolute atomic E-state index is 0.0968. The summed E-state index contributed by atoms with van der Waals surface area (Å²) in [5, 5.41) is 21.3. The van der Waals surface area contributed by atoms with Gasteiger partial charge in [0.15, 0.2) is 4.77 Å². The molecular weight excluding hydrogens is 351 g/mol. The Morgan fingerprint density at radius 1 is 1.31 bits per heavy atom. The lowest BCUT2D eigenvalue weighted by Gasteiger charge is -2.37. The second-order valence-corrected chi connectivity index (χ2v) is 6.80. The standard InChI is InChI=1S/C18H21FN6S/c1-23-16(14(9-20)17(21)24(2)18(23)26)15-10-22-7-8-25(15)11-12-3-5-13(19)6-4-12/h3-6,15,21-22H,7-8,10-11H2,1-2H3. The second kappa shape index (κ2) is 7.50. The number of halogens is 1. The Labute approximate surface area is 156 Å². The maximum absolute atomic E-state index is 13.2. The monoisotopic (exact) mass is 372 g/mol. The van der Waals surface area contributed by atoms with E-state index in [9.17, 15) is 9.65 Å². The molecule has 0 saturated carbocycles. The summed E-state index contributed by atoms with van der Waals surface area (Å²) in [6.07, 6.45) is 0. The molecule has 0 radical (unpaired) electrons. The number of nitrogens with one attached hydrogen (secondary N) is 2. The van der Waals surface area contributed by atoms with Crippen LogP contribution >= 0.6 is 12.2 Å². The third kappa shape index (κ3) is 3.33. The van der Waals surface area contributed by atoms with Crippen LogP contribution in [-0.4, -0.2) is 33.7 Å². The molecule has 1 aromatic heterocycles. The third-order valence-electron chi connectivity index (χ3n) is 4.84. The molecule has 0 amide bonds. The van der Waals surface area contributed by atoms with Crippen molar-refractivity contribution in [3.8, 4) is 6.07 Å². The van der Waals surface area contributed by atoms with E-state index in [1.807, 2.05) is 11.6 Å². The molecule has 1 fully saturated rings. The van der Waals surface area contributed by atoms with Crippen LogP contribution in [0.5, 0.6) is 0 Å². The molecule has 136 valence electrons. The maximum Gasteiger partial charge on any atom is 0.181 e. The summed E-state index contributed by atoms with van der Waals surface area (Å²) < 4.78 is 17.0. The molecule has 6 nitrogen and oxygen atoms in total. The molecule has 8 heteroatoms. The Morgan fingerprint density at radius 3 is 2.65 bits per heavy atom. The first-order valence-electron chi connectivity index (χ1n) is 8.38. The molecule has 3 rings (SSSR count). The van der Waals surface area contributed by atoms with Gasteiger partial charge in [-0.3, -0.25) is 10.3 Å². The molecule has 2 aromatic rings. The fraction of sp³-hybridized carbons (Fsp3) is 0.389. The minimum atomic E-state index is -0.256. The van der Waals surface area contributed by atoms with E-state index in [0.29, 0.717) is 23.4 Å². The highest BCUT2D eigenvalue weighted by molar-refractivity contribution is 7.71. The number of rotatable bonds is 3. The number of nitriles is 1. The van der Waals surface area contributed by atoms with Crippen LogP contribution in [0.15, 0.2) is 24.3 Å². The average molecular weight is 372 g/mol. The zero-order valence-electron chi connectivity index (χ0n) is 14.8. The third-order valence-corrected chi connectivity index (χ3v) is 5.39. The molecular formula is C18H21FN6S. The SMILES string of the molecule is Cn1c(C2CNCCN2Cc2ccc(F)cc2)c(C#N)c(=N)n(C)c1=S. The van der Waals surface area contributed by atoms with Gasteiger partial charge in [-0.25, -0.2) is 4.39 Å². The van der Waals surface area contributed by atoms with Crippen molar-refractivity contribution in [1.82, 2.24) is 19.4 Å². The summed E-state index contributed by atoms with van der Waals surface area (Å²) in [5.74, 6) is -0.256. The fourth-order valence-corrected chi connectivity index (χ4v) is 3.60. The molecule has 1 unspecified atom stereocenters. The maximum atomic E-state index is 13.2. The van der Waals surface area contributed by atoms with E-state index >= 15 is 0 Å². The van der Waals surface area contributed by atoms with Gasteiger partial charge in [0.05, 0.1) is 11.7 Å². The Balaban J connectivity index is 2.06. The summed E-state index contributed by atoms with van der Waals surface area (Å²) in [6, 6.07) is 8.55. The van der Waals surface area contributed by atoms with Gasteiger partial charge in [-0.05, 0) is 29.9 Å². The van der Waals surface area contributed by atoms with Crippen LogP contribution in [0.1, 0.15) is 22.9 Å². The van der Waals surface area contributed by atoms with Crippen LogP contribution in [0, 0.1) is 27.3 Å². The fourth-order valence-electron chi connectivity index (χ4n) is 3.41. The number of hydrogen-bond acceptors (Lipinski definition) is 5. The highest BCUT2D eigenvalue weighted by Gasteiger charge is 2.29. The highest BCUT2D eigenvalue weighted by Crippen LogP contribution is 2.25. The Bertz CT molecular complexity index is 969. The molecule has 1 saturated heterocycles. The smallest absolute Gasteiger partial charge is 0.181 e. The predicted molar refractivity (Wildman–Crippen MR) is 98.2 cm³/mol. The molecule has 2 heterocycles. The summed E-state index contributed by atoms with van der Waals surface area (Å²) in [6.45, 7) is 2.91. The quantitative estimate of drug-likeness (QED) is 0.805. The number of aromatic nitrogens is 2. The lowest BCUT2D eigenvalue weighted by Crippen LogP contribution is -2.47. The van der Waals surface area contributed by atoms with Crippen molar-refractivity contribution < 1.29 is 4.39 Å². The number of piperazine rings is 1. The van der Waals surface area contributed by atoms with Crippen LogP contribution in [-0.2, 0) is 20.6 Å². The number of hydrogen-bond donors (Lipinski definition) is 2. The van der Waals surface area contributed by atoms with E-state index < -0.39 is 0 Å². The summed E-state index contributed by atoms with van der Waals surface area (Å²) in [5.41, 5.74) is 2.21. The van der Waals surface area contributed by atoms with Crippen LogP contribution in [0.4, 0.5) is 4.39 Å². The van der Waals surface area contributed by atoms with Crippen LogP contribution in [0.2, 0.25) is 0 Å². The molecule has 1 aliphatic heterocycles. The minimum Gasteiger partial charge on any atom is -0.322 e. The summed E-state index contributed by atoms with van der Waals surface area (Å²) in [7, 11) is 3.54. The van der Waals surface area contributed by atoms with Gasteiger partial charge in [0, 0.05) is 40.3 Å². The Morgan fingerprint density at radius 2 is 2.00 bits per heavy atom. The van der Waals surface area contributed by atoms with E-state index in [0.717, 1.165) is 24.3 Å². The van der Waals surface area contributed by atoms with Crippen molar-refractivity contribution in [3.63, 3.8) is 0 Å². The second-order valence-electron chi connectivity index (χ2n) is 6.44. The van der Waals surface area contributed by atoms with Gasteiger partial charge in [0.25, 0.3) is 0 Å². The molecule has 0 aliphatic carbocycles. The first kappa shape index (κ1) is 18.5. The largest absolute Gasteiger partial charge is 0.322 e. The molecule has 1 atom stereocenters. The topological polar surface area (TPSA) is 72.8 Å². The normalized spacial score (nSPS) is 17.8. The van der Waals surface area contributed by atoms with Crippen molar-refractivity contribution in [2.45, 2.75) is 12.6 Å². The first-order chi connectivity index (χ1) is 12.4. The van der Waals surface area contributed by atoms with E-state index in [4.69, 9.17) is 17.6 Å². The Hall–Kier alpha value is -2.34. The molecule has 1 aromatic carbocycles. The van der Waals surface area contributed by atoms with Gasteiger partial charge in [-0.15, -0.1) is 0 Å². The number of benzene rings is 1. The highest BCUT2D eigenvalue weighted by atomic mass is 32.1. The van der Waals surface area contributed by atoms with E-state index in [2.05, 4.69) is 16.3 Å². The first-order valence-corrected chi connectivity index (χ1v) is 8.78. The van der Waals surface area contributed by atoms with Gasteiger partial charge in [0.1, 0.15) is 22.9 Å². The van der Waals surface area contributed by atoms with Crippen LogP contribution < -0.4 is 10.8 Å². The van der Waals surface area contributed by atoms with Crippen molar-refractivity contribution in [3.05, 3.63) is 57.2 Å². The molecule has 2 N–H and O–H groups in total. The molecule has 26 heavy (non-hydrogen) atoms. The van der Waals surface area contributed by atoms with Crippen molar-refractivity contribution in [2.24, 2.45) is 14.1 Å². The lowest BCUT2D eigenvalue weighted by molar-refractivity contribution is 0.146. The van der Waals surface area contributed by atoms with Gasteiger partial charge in [-0.1, -0.05) is 12.1 Å². The van der Waals surface area contributed by atoms with E-state index in [1.165, 1.54) is 16.7 Å².